The van der Waals surface area contributed by atoms with Crippen LogP contribution in [0.4, 0.5) is 0 Å². The van der Waals surface area contributed by atoms with Crippen molar-refractivity contribution in [2.45, 2.75) is 33.7 Å². The van der Waals surface area contributed by atoms with E-state index in [-0.39, 0.29) is 11.9 Å². The number of nitrogens with one attached hydrogen (secondary N) is 1. The molecule has 0 aromatic carbocycles. The number of nitrogens with zero attached hydrogens (tertiary/aromatic N) is 3. The molecule has 0 saturated heterocycles. The SMILES string of the molecule is CCCn1nccc1C(=O)OCC.CCOC(=O)c1ccn[nH]1.O=S=O. The molecule has 144 valence electrons. The second-order valence-electron chi connectivity index (χ2n) is 4.42. The molecule has 0 aliphatic carbocycles. The zero-order chi connectivity index (χ0) is 19.8. The Morgan fingerprint density at radius 1 is 1.08 bits per heavy atom. The number of carbonyl (C=O) groups excluding carboxylic acids is 2. The van der Waals surface area contributed by atoms with Crippen molar-refractivity contribution in [2.24, 2.45) is 0 Å². The fourth-order valence-corrected chi connectivity index (χ4v) is 1.68. The van der Waals surface area contributed by atoms with E-state index in [2.05, 4.69) is 20.0 Å². The highest BCUT2D eigenvalue weighted by Crippen LogP contribution is 2.02. The van der Waals surface area contributed by atoms with E-state index in [1.54, 1.807) is 36.9 Å². The summed E-state index contributed by atoms with van der Waals surface area (Å²) in [6.07, 6.45) is 4.07. The molecule has 0 spiro atoms. The number of carbonyl (C=O) groups is 2. The molecule has 0 atom stereocenters. The molecule has 0 aliphatic heterocycles. The van der Waals surface area contributed by atoms with E-state index < -0.39 is 11.6 Å². The molecule has 0 amide bonds. The molecule has 0 unspecified atom stereocenters. The zero-order valence-corrected chi connectivity index (χ0v) is 15.7. The summed E-state index contributed by atoms with van der Waals surface area (Å²) < 4.78 is 27.8. The lowest BCUT2D eigenvalue weighted by molar-refractivity contribution is 0.0505. The molecule has 10 nitrogen and oxygen atoms in total. The molecule has 26 heavy (non-hydrogen) atoms. The van der Waals surface area contributed by atoms with E-state index in [0.717, 1.165) is 13.0 Å². The van der Waals surface area contributed by atoms with Gasteiger partial charge in [-0.15, -0.1) is 0 Å². The van der Waals surface area contributed by atoms with Crippen LogP contribution in [0.25, 0.3) is 0 Å². The van der Waals surface area contributed by atoms with Gasteiger partial charge in [0.1, 0.15) is 11.4 Å². The van der Waals surface area contributed by atoms with Crippen molar-refractivity contribution in [3.8, 4) is 0 Å². The van der Waals surface area contributed by atoms with Gasteiger partial charge >= 0.3 is 23.5 Å². The third-order valence-electron chi connectivity index (χ3n) is 2.63. The van der Waals surface area contributed by atoms with Gasteiger partial charge in [-0.1, -0.05) is 6.92 Å². The number of H-pyrrole nitrogens is 1. The summed E-state index contributed by atoms with van der Waals surface area (Å²) in [5.74, 6) is -0.659. The quantitative estimate of drug-likeness (QED) is 0.736. The summed E-state index contributed by atoms with van der Waals surface area (Å²) in [7, 11) is 0. The summed E-state index contributed by atoms with van der Waals surface area (Å²) >= 11 is -0.750. The lowest BCUT2D eigenvalue weighted by atomic mass is 10.4. The monoisotopic (exact) mass is 386 g/mol. The topological polar surface area (TPSA) is 133 Å². The number of aromatic amines is 1. The van der Waals surface area contributed by atoms with Crippen molar-refractivity contribution in [1.82, 2.24) is 20.0 Å². The number of hydrogen-bond acceptors (Lipinski definition) is 8. The average molecular weight is 386 g/mol. The van der Waals surface area contributed by atoms with Gasteiger partial charge in [0, 0.05) is 18.9 Å². The Bertz CT molecular complexity index is 680. The van der Waals surface area contributed by atoms with Crippen LogP contribution in [0.2, 0.25) is 0 Å². The highest BCUT2D eigenvalue weighted by Gasteiger charge is 2.11. The van der Waals surface area contributed by atoms with Crippen molar-refractivity contribution in [1.29, 1.82) is 0 Å². The largest absolute Gasteiger partial charge is 0.461 e. The fourth-order valence-electron chi connectivity index (χ4n) is 1.68. The molecule has 2 aromatic rings. The van der Waals surface area contributed by atoms with E-state index in [1.165, 1.54) is 6.20 Å². The third-order valence-corrected chi connectivity index (χ3v) is 2.63. The number of rotatable bonds is 6. The molecule has 0 saturated carbocycles. The van der Waals surface area contributed by atoms with E-state index >= 15 is 0 Å². The Kier molecular flexibility index (Phi) is 12.9. The van der Waals surface area contributed by atoms with Crippen LogP contribution in [0.1, 0.15) is 48.2 Å². The first-order valence-corrected chi connectivity index (χ1v) is 8.49. The van der Waals surface area contributed by atoms with Gasteiger partial charge in [0.25, 0.3) is 0 Å². The Morgan fingerprint density at radius 3 is 2.19 bits per heavy atom. The molecule has 2 heterocycles. The first-order valence-electron chi connectivity index (χ1n) is 7.82. The Labute approximate surface area is 154 Å². The second kappa shape index (κ2) is 14.5. The smallest absolute Gasteiger partial charge is 0.356 e. The lowest BCUT2D eigenvalue weighted by Gasteiger charge is -2.04. The maximum Gasteiger partial charge on any atom is 0.356 e. The molecule has 0 bridgehead atoms. The van der Waals surface area contributed by atoms with Crippen LogP contribution < -0.4 is 0 Å². The Balaban J connectivity index is 0.000000428. The second-order valence-corrected chi connectivity index (χ2v) is 4.55. The summed E-state index contributed by atoms with van der Waals surface area (Å²) in [5.41, 5.74) is 0.922. The first kappa shape index (κ1) is 23.2. The Morgan fingerprint density at radius 2 is 1.69 bits per heavy atom. The summed E-state index contributed by atoms with van der Waals surface area (Å²) in [5, 5.41) is 10.1. The maximum atomic E-state index is 11.3. The van der Waals surface area contributed by atoms with E-state index in [0.29, 0.717) is 24.6 Å². The number of ether oxygens (including phenoxy) is 2. The summed E-state index contributed by atoms with van der Waals surface area (Å²) in [4.78, 5) is 22.1. The van der Waals surface area contributed by atoms with E-state index in [9.17, 15) is 9.59 Å². The molecule has 0 aliphatic rings. The molecule has 2 aromatic heterocycles. The van der Waals surface area contributed by atoms with Crippen molar-refractivity contribution < 1.29 is 27.5 Å². The number of hydrogen-bond donors (Lipinski definition) is 1. The minimum atomic E-state index is -0.750. The van der Waals surface area contributed by atoms with Crippen molar-refractivity contribution in [2.75, 3.05) is 13.2 Å². The van der Waals surface area contributed by atoms with Gasteiger partial charge in [-0.2, -0.15) is 18.6 Å². The molecular weight excluding hydrogens is 364 g/mol. The number of esters is 2. The maximum absolute atomic E-state index is 11.3. The average Bonchev–Trinajstić information content (AvgIpc) is 3.29. The van der Waals surface area contributed by atoms with Crippen LogP contribution in [-0.2, 0) is 27.6 Å². The standard InChI is InChI=1S/C9H14N2O2.C6H8N2O2.O2S/c1-3-7-11-8(5-6-10-11)9(12)13-4-2;1-2-10-6(9)5-3-4-7-8-5;1-3-2/h5-6H,3-4,7H2,1-2H3;3-4H,2H2,1H3,(H,7,8);. The molecular formula is C15H22N4O6S. The van der Waals surface area contributed by atoms with Gasteiger partial charge in [0.15, 0.2) is 0 Å². The van der Waals surface area contributed by atoms with E-state index in [4.69, 9.17) is 13.2 Å². The van der Waals surface area contributed by atoms with Gasteiger partial charge < -0.3 is 9.47 Å². The highest BCUT2D eigenvalue weighted by molar-refractivity contribution is 7.51. The normalized spacial score (nSPS) is 9.04. The lowest BCUT2D eigenvalue weighted by Crippen LogP contribution is -2.13. The summed E-state index contributed by atoms with van der Waals surface area (Å²) in [6, 6.07) is 3.24. The predicted octanol–water partition coefficient (Wildman–Crippen LogP) is 1.39. The predicted molar refractivity (Wildman–Crippen MR) is 91.9 cm³/mol. The van der Waals surface area contributed by atoms with Gasteiger partial charge in [-0.3, -0.25) is 9.78 Å². The van der Waals surface area contributed by atoms with Gasteiger partial charge in [-0.05, 0) is 32.4 Å². The minimum Gasteiger partial charge on any atom is -0.461 e. The minimum absolute atomic E-state index is 0.298. The van der Waals surface area contributed by atoms with Crippen molar-refractivity contribution >= 4 is 23.5 Å². The van der Waals surface area contributed by atoms with Crippen molar-refractivity contribution in [3.05, 3.63) is 35.9 Å². The van der Waals surface area contributed by atoms with Crippen molar-refractivity contribution in [3.63, 3.8) is 0 Å². The van der Waals surface area contributed by atoms with Crippen LogP contribution in [0, 0.1) is 0 Å². The van der Waals surface area contributed by atoms with E-state index in [1.807, 2.05) is 6.92 Å². The number of aryl methyl sites for hydroxylation is 1. The van der Waals surface area contributed by atoms with Gasteiger partial charge in [-0.25, -0.2) is 9.59 Å². The Hall–Kier alpha value is -2.82. The molecule has 0 fully saturated rings. The van der Waals surface area contributed by atoms with Crippen LogP contribution in [-0.4, -0.2) is 53.5 Å². The molecule has 11 heteroatoms. The van der Waals surface area contributed by atoms with Crippen LogP contribution in [0.3, 0.4) is 0 Å². The first-order chi connectivity index (χ1) is 12.5. The molecule has 0 radical (unpaired) electrons. The van der Waals surface area contributed by atoms with Gasteiger partial charge in [0.2, 0.25) is 0 Å². The van der Waals surface area contributed by atoms with Crippen LogP contribution in [0.15, 0.2) is 24.5 Å². The fraction of sp³-hybridized carbons (Fsp3) is 0.467. The van der Waals surface area contributed by atoms with Crippen LogP contribution >= 0.6 is 0 Å². The molecule has 2 rings (SSSR count). The summed E-state index contributed by atoms with van der Waals surface area (Å²) in [6.45, 7) is 7.12. The van der Waals surface area contributed by atoms with Gasteiger partial charge in [0.05, 0.1) is 13.2 Å². The highest BCUT2D eigenvalue weighted by atomic mass is 32.1. The zero-order valence-electron chi connectivity index (χ0n) is 14.8. The van der Waals surface area contributed by atoms with Crippen LogP contribution in [0.5, 0.6) is 0 Å². The number of aromatic nitrogens is 4. The third kappa shape index (κ3) is 8.87. The molecule has 1 N–H and O–H groups in total.